The molecule has 0 N–H and O–H groups in total. The van der Waals surface area contributed by atoms with Crippen molar-refractivity contribution >= 4 is 33.1 Å². The number of hydrogen-bond donors (Lipinski definition) is 0. The second-order valence-electron chi connectivity index (χ2n) is 9.91. The van der Waals surface area contributed by atoms with E-state index < -0.39 is 0 Å². The van der Waals surface area contributed by atoms with Crippen LogP contribution in [0.3, 0.4) is 0 Å². The minimum atomic E-state index is 0.730. The molecule has 1 heteroatoms. The first-order valence-corrected chi connectivity index (χ1v) is 13.6. The molecule has 0 aliphatic heterocycles. The van der Waals surface area contributed by atoms with Gasteiger partial charge in [-0.2, -0.15) is 0 Å². The second-order valence-corrected chi connectivity index (χ2v) is 10.3. The number of fused-ring (bicyclic) bond motifs is 3. The van der Waals surface area contributed by atoms with Crippen LogP contribution in [0.5, 0.6) is 0 Å². The van der Waals surface area contributed by atoms with Gasteiger partial charge in [-0.05, 0) is 96.4 Å². The molecule has 0 saturated heterocycles. The van der Waals surface area contributed by atoms with Gasteiger partial charge in [-0.1, -0.05) is 133 Å². The smallest absolute Gasteiger partial charge is 0.0418 e. The van der Waals surface area contributed by atoms with Gasteiger partial charge in [-0.3, -0.25) is 0 Å². The summed E-state index contributed by atoms with van der Waals surface area (Å²) >= 11 is 6.80. The lowest BCUT2D eigenvalue weighted by atomic mass is 9.89. The Hall–Kier alpha value is -4.65. The van der Waals surface area contributed by atoms with Crippen LogP contribution in [0, 0.1) is 0 Å². The lowest BCUT2D eigenvalue weighted by Gasteiger charge is -2.15. The highest BCUT2D eigenvalue weighted by Gasteiger charge is 2.13. The Labute approximate surface area is 233 Å². The first-order valence-electron chi connectivity index (χ1n) is 13.2. The molecule has 7 aromatic rings. The summed E-state index contributed by atoms with van der Waals surface area (Å²) in [6.07, 6.45) is 0. The Morgan fingerprint density at radius 3 is 1.64 bits per heavy atom. The fourth-order valence-electron chi connectivity index (χ4n) is 5.65. The molecule has 7 rings (SSSR count). The molecule has 0 nitrogen and oxygen atoms in total. The minimum absolute atomic E-state index is 0.730. The average molecular weight is 517 g/mol. The summed E-state index contributed by atoms with van der Waals surface area (Å²) in [7, 11) is 0. The molecule has 0 bridgehead atoms. The van der Waals surface area contributed by atoms with Gasteiger partial charge in [-0.25, -0.2) is 0 Å². The zero-order chi connectivity index (χ0) is 26.2. The van der Waals surface area contributed by atoms with Crippen LogP contribution in [-0.2, 0) is 0 Å². The summed E-state index contributed by atoms with van der Waals surface area (Å²) in [6.45, 7) is 0. The van der Waals surface area contributed by atoms with Crippen molar-refractivity contribution < 1.29 is 0 Å². The summed E-state index contributed by atoms with van der Waals surface area (Å²) in [5.74, 6) is 0. The van der Waals surface area contributed by atoms with Crippen LogP contribution in [0.25, 0.3) is 66.1 Å². The summed E-state index contributed by atoms with van der Waals surface area (Å²) in [6, 6.07) is 53.9. The zero-order valence-electron chi connectivity index (χ0n) is 21.3. The van der Waals surface area contributed by atoms with Gasteiger partial charge in [0.2, 0.25) is 0 Å². The highest BCUT2D eigenvalue weighted by molar-refractivity contribution is 6.31. The van der Waals surface area contributed by atoms with Crippen molar-refractivity contribution in [3.05, 3.63) is 157 Å². The van der Waals surface area contributed by atoms with Gasteiger partial charge in [0.1, 0.15) is 0 Å². The fourth-order valence-corrected chi connectivity index (χ4v) is 5.89. The van der Waals surface area contributed by atoms with Crippen LogP contribution in [0.15, 0.2) is 152 Å². The van der Waals surface area contributed by atoms with Crippen LogP contribution >= 0.6 is 11.6 Å². The van der Waals surface area contributed by atoms with E-state index in [1.807, 2.05) is 0 Å². The second kappa shape index (κ2) is 9.91. The van der Waals surface area contributed by atoms with Crippen molar-refractivity contribution in [2.75, 3.05) is 0 Å². The predicted octanol–water partition coefficient (Wildman–Crippen LogP) is 11.3. The normalized spacial score (nSPS) is 11.2. The highest BCUT2D eigenvalue weighted by Crippen LogP contribution is 2.40. The first-order chi connectivity index (χ1) is 19.2. The molecule has 184 valence electrons. The van der Waals surface area contributed by atoms with Crippen molar-refractivity contribution in [1.82, 2.24) is 0 Å². The molecule has 0 saturated carbocycles. The van der Waals surface area contributed by atoms with E-state index in [4.69, 9.17) is 11.6 Å². The number of rotatable bonds is 4. The lowest BCUT2D eigenvalue weighted by molar-refractivity contribution is 1.56. The lowest BCUT2D eigenvalue weighted by Crippen LogP contribution is -1.89. The van der Waals surface area contributed by atoms with Crippen molar-refractivity contribution in [3.63, 3.8) is 0 Å². The average Bonchev–Trinajstić information content (AvgIpc) is 3.01. The van der Waals surface area contributed by atoms with Crippen LogP contribution in [0.4, 0.5) is 0 Å². The maximum absolute atomic E-state index is 6.80. The van der Waals surface area contributed by atoms with Gasteiger partial charge in [0.05, 0.1) is 0 Å². The molecule has 0 aliphatic rings. The van der Waals surface area contributed by atoms with Crippen LogP contribution in [0.1, 0.15) is 0 Å². The Morgan fingerprint density at radius 1 is 0.308 bits per heavy atom. The van der Waals surface area contributed by atoms with E-state index in [9.17, 15) is 0 Å². The van der Waals surface area contributed by atoms with E-state index in [0.29, 0.717) is 0 Å². The van der Waals surface area contributed by atoms with E-state index in [1.54, 1.807) is 0 Å². The van der Waals surface area contributed by atoms with Crippen molar-refractivity contribution in [2.24, 2.45) is 0 Å². The minimum Gasteiger partial charge on any atom is -0.0843 e. The summed E-state index contributed by atoms with van der Waals surface area (Å²) in [5.41, 5.74) is 9.38. The van der Waals surface area contributed by atoms with Crippen molar-refractivity contribution in [1.29, 1.82) is 0 Å². The molecule has 0 heterocycles. The molecule has 0 atom stereocenters. The van der Waals surface area contributed by atoms with E-state index in [2.05, 4.69) is 152 Å². The first kappa shape index (κ1) is 23.5. The number of hydrogen-bond acceptors (Lipinski definition) is 0. The molecule has 0 radical (unpaired) electrons. The predicted molar refractivity (Wildman–Crippen MR) is 168 cm³/mol. The summed E-state index contributed by atoms with van der Waals surface area (Å²) < 4.78 is 0. The Morgan fingerprint density at radius 2 is 0.897 bits per heavy atom. The molecule has 39 heavy (non-hydrogen) atoms. The summed E-state index contributed by atoms with van der Waals surface area (Å²) in [4.78, 5) is 0. The highest BCUT2D eigenvalue weighted by atomic mass is 35.5. The van der Waals surface area contributed by atoms with Gasteiger partial charge in [-0.15, -0.1) is 0 Å². The van der Waals surface area contributed by atoms with Crippen LogP contribution in [-0.4, -0.2) is 0 Å². The molecule has 7 aromatic carbocycles. The Balaban J connectivity index is 1.43. The molecule has 0 aliphatic carbocycles. The fraction of sp³-hybridized carbons (Fsp3) is 0. The third kappa shape index (κ3) is 4.40. The Bertz CT molecular complexity index is 1950. The standard InChI is InChI=1S/C38H25Cl/c39-32-22-30(21-31(23-32)38-25-29-15-7-8-16-33(29)35-17-9-10-18-36(35)38)28-19-20-34(26-11-3-1-4-12-26)37(24-28)27-13-5-2-6-14-27/h1-25H. The molecule has 0 amide bonds. The van der Waals surface area contributed by atoms with Gasteiger partial charge in [0, 0.05) is 5.02 Å². The molecular formula is C38H25Cl. The van der Waals surface area contributed by atoms with Gasteiger partial charge >= 0.3 is 0 Å². The topological polar surface area (TPSA) is 0 Å². The molecule has 0 spiro atoms. The summed E-state index contributed by atoms with van der Waals surface area (Å²) in [5, 5.41) is 5.71. The maximum atomic E-state index is 6.80. The van der Waals surface area contributed by atoms with Gasteiger partial charge in [0.15, 0.2) is 0 Å². The van der Waals surface area contributed by atoms with Crippen molar-refractivity contribution in [3.8, 4) is 44.5 Å². The van der Waals surface area contributed by atoms with E-state index in [0.717, 1.165) is 21.7 Å². The largest absolute Gasteiger partial charge is 0.0843 e. The zero-order valence-corrected chi connectivity index (χ0v) is 22.1. The van der Waals surface area contributed by atoms with Gasteiger partial charge < -0.3 is 0 Å². The Kier molecular flexibility index (Phi) is 5.96. The monoisotopic (exact) mass is 516 g/mol. The van der Waals surface area contributed by atoms with Crippen molar-refractivity contribution in [2.45, 2.75) is 0 Å². The van der Waals surface area contributed by atoms with E-state index >= 15 is 0 Å². The van der Waals surface area contributed by atoms with Gasteiger partial charge in [0.25, 0.3) is 0 Å². The van der Waals surface area contributed by atoms with E-state index in [-0.39, 0.29) is 0 Å². The quantitative estimate of drug-likeness (QED) is 0.204. The van der Waals surface area contributed by atoms with E-state index in [1.165, 1.54) is 49.4 Å². The molecule has 0 aromatic heterocycles. The molecule has 0 unspecified atom stereocenters. The third-order valence-corrected chi connectivity index (χ3v) is 7.72. The SMILES string of the molecule is Clc1cc(-c2ccc(-c3ccccc3)c(-c3ccccc3)c2)cc(-c2cc3ccccc3c3ccccc23)c1. The van der Waals surface area contributed by atoms with Crippen LogP contribution < -0.4 is 0 Å². The maximum Gasteiger partial charge on any atom is 0.0418 e. The molecule has 0 fully saturated rings. The number of halogens is 1. The van der Waals surface area contributed by atoms with Crippen LogP contribution in [0.2, 0.25) is 5.02 Å². The number of benzene rings is 7. The molecular weight excluding hydrogens is 492 g/mol. The third-order valence-electron chi connectivity index (χ3n) is 7.50.